The second kappa shape index (κ2) is 16.2. The summed E-state index contributed by atoms with van der Waals surface area (Å²) in [6, 6.07) is -0.970. The van der Waals surface area contributed by atoms with E-state index in [1.165, 1.54) is 41.7 Å². The van der Waals surface area contributed by atoms with Gasteiger partial charge in [-0.25, -0.2) is 0 Å². The van der Waals surface area contributed by atoms with Crippen molar-refractivity contribution in [2.24, 2.45) is 0 Å². The van der Waals surface area contributed by atoms with Crippen molar-refractivity contribution in [1.29, 1.82) is 0 Å². The lowest BCUT2D eigenvalue weighted by Crippen LogP contribution is -2.67. The van der Waals surface area contributed by atoms with Crippen LogP contribution in [0.2, 0.25) is 0 Å². The van der Waals surface area contributed by atoms with Crippen LogP contribution in [0.4, 0.5) is 0 Å². The van der Waals surface area contributed by atoms with Gasteiger partial charge in [0, 0.05) is 7.11 Å². The SMILES string of the molecule is COC1[C@H](O[C@@H]2C(O)[C@H](O[C@@H]3[C@H](O)C(OC4C(O)OC(C)[C@H](O)[C@@H]4O)OC(C)[C@@H]3O)OC(C)[C@@H]2O)OC(C)[C@@H](NC(=O)CC(C)(C)O)[C@@H]1O. The van der Waals surface area contributed by atoms with Gasteiger partial charge >= 0.3 is 0 Å². The molecule has 49 heavy (non-hydrogen) atoms. The van der Waals surface area contributed by atoms with Gasteiger partial charge in [0.2, 0.25) is 5.91 Å². The molecule has 4 fully saturated rings. The summed E-state index contributed by atoms with van der Waals surface area (Å²) in [7, 11) is 1.26. The minimum Gasteiger partial charge on any atom is -0.390 e. The maximum absolute atomic E-state index is 12.5. The van der Waals surface area contributed by atoms with E-state index < -0.39 is 134 Å². The zero-order valence-corrected chi connectivity index (χ0v) is 28.5. The van der Waals surface area contributed by atoms with Crippen LogP contribution in [0.5, 0.6) is 0 Å². The number of aliphatic hydroxyl groups excluding tert-OH is 8. The first-order valence-electron chi connectivity index (χ1n) is 16.3. The quantitative estimate of drug-likeness (QED) is 0.102. The molecule has 20 atom stereocenters. The molecule has 0 aromatic heterocycles. The van der Waals surface area contributed by atoms with Crippen molar-refractivity contribution in [2.75, 3.05) is 7.11 Å². The third kappa shape index (κ3) is 9.06. The molecule has 10 N–H and O–H groups in total. The molecule has 4 aliphatic heterocycles. The zero-order chi connectivity index (χ0) is 36.7. The lowest BCUT2D eigenvalue weighted by Gasteiger charge is -2.49. The minimum atomic E-state index is -1.81. The van der Waals surface area contributed by atoms with Gasteiger partial charge in [-0.1, -0.05) is 0 Å². The number of rotatable bonds is 10. The largest absolute Gasteiger partial charge is 0.390 e. The van der Waals surface area contributed by atoms with Gasteiger partial charge in [-0.15, -0.1) is 0 Å². The minimum absolute atomic E-state index is 0.246. The van der Waals surface area contributed by atoms with Gasteiger partial charge in [0.05, 0.1) is 42.5 Å². The molecule has 0 aromatic carbocycles. The first kappa shape index (κ1) is 40.6. The van der Waals surface area contributed by atoms with Gasteiger partial charge in [0.25, 0.3) is 0 Å². The van der Waals surface area contributed by atoms with E-state index in [2.05, 4.69) is 5.32 Å². The Hall–Kier alpha value is -1.21. The molecule has 0 aromatic rings. The number of carbonyl (C=O) groups excluding carboxylic acids is 1. The van der Waals surface area contributed by atoms with Crippen molar-refractivity contribution in [3.8, 4) is 0 Å². The van der Waals surface area contributed by atoms with E-state index in [9.17, 15) is 50.8 Å². The molecule has 9 unspecified atom stereocenters. The fourth-order valence-electron chi connectivity index (χ4n) is 6.38. The molecule has 4 rings (SSSR count). The highest BCUT2D eigenvalue weighted by molar-refractivity contribution is 5.77. The van der Waals surface area contributed by atoms with Crippen molar-refractivity contribution in [2.45, 2.75) is 176 Å². The molecule has 4 saturated heterocycles. The molecule has 0 saturated carbocycles. The predicted octanol–water partition coefficient (Wildman–Crippen LogP) is -4.70. The summed E-state index contributed by atoms with van der Waals surface area (Å²) in [5, 5.41) is 99.0. The zero-order valence-electron chi connectivity index (χ0n) is 28.5. The number of amides is 1. The second-order valence-corrected chi connectivity index (χ2v) is 13.9. The van der Waals surface area contributed by atoms with Gasteiger partial charge in [0.1, 0.15) is 67.1 Å². The summed E-state index contributed by atoms with van der Waals surface area (Å²) in [5.41, 5.74) is -1.30. The van der Waals surface area contributed by atoms with Crippen molar-refractivity contribution < 1.29 is 88.6 Å². The summed E-state index contributed by atoms with van der Waals surface area (Å²) < 4.78 is 45.2. The first-order chi connectivity index (χ1) is 22.7. The highest BCUT2D eigenvalue weighted by atomic mass is 16.8. The molecule has 19 heteroatoms. The Morgan fingerprint density at radius 3 is 1.53 bits per heavy atom. The van der Waals surface area contributed by atoms with Crippen LogP contribution in [0.15, 0.2) is 0 Å². The van der Waals surface area contributed by atoms with E-state index in [4.69, 9.17) is 37.9 Å². The van der Waals surface area contributed by atoms with Gasteiger partial charge in [0.15, 0.2) is 25.2 Å². The van der Waals surface area contributed by atoms with Crippen LogP contribution in [-0.4, -0.2) is 187 Å². The van der Waals surface area contributed by atoms with E-state index in [1.54, 1.807) is 6.92 Å². The Kier molecular flexibility index (Phi) is 13.4. The van der Waals surface area contributed by atoms with Gasteiger partial charge in [-0.3, -0.25) is 4.79 Å². The van der Waals surface area contributed by atoms with Crippen molar-refractivity contribution in [1.82, 2.24) is 5.32 Å². The fraction of sp³-hybridized carbons (Fsp3) is 0.967. The standard InChI is InChI=1S/C30H53NO18/c1-9-14(31-13(32)8-30(5,6)41)18(36)25(42-7)29(44-9)48-23-17(35)12(4)45-27(21(23)39)47-22-16(34)11(3)46-28(20(22)38)49-24-19(37)15(33)10(2)43-26(24)40/h9-12,14-29,33-41H,8H2,1-7H3,(H,31,32)/t9?,10?,11?,12?,14-,15+,16+,17+,18+,19+,20+,21?,22+,23+,24?,25?,26?,27+,28?,29+/m1/s1. The van der Waals surface area contributed by atoms with Crippen LogP contribution in [0.3, 0.4) is 0 Å². The summed E-state index contributed by atoms with van der Waals surface area (Å²) in [6.07, 6.45) is -27.4. The first-order valence-corrected chi connectivity index (χ1v) is 16.3. The summed E-state index contributed by atoms with van der Waals surface area (Å²) in [5.74, 6) is -0.545. The number of methoxy groups -OCH3 is 1. The lowest BCUT2D eigenvalue weighted by atomic mass is 9.94. The predicted molar refractivity (Wildman–Crippen MR) is 160 cm³/mol. The topological polar surface area (TPSA) is 285 Å². The normalized spacial score (nSPS) is 49.8. The Bertz CT molecular complexity index is 1080. The van der Waals surface area contributed by atoms with Crippen molar-refractivity contribution >= 4 is 5.91 Å². The molecule has 286 valence electrons. The summed E-state index contributed by atoms with van der Waals surface area (Å²) in [4.78, 5) is 12.5. The van der Waals surface area contributed by atoms with Crippen molar-refractivity contribution in [3.05, 3.63) is 0 Å². The van der Waals surface area contributed by atoms with Crippen LogP contribution in [0.25, 0.3) is 0 Å². The maximum Gasteiger partial charge on any atom is 0.223 e. The van der Waals surface area contributed by atoms with E-state index in [0.717, 1.165) is 0 Å². The molecule has 0 spiro atoms. The molecule has 0 aliphatic carbocycles. The van der Waals surface area contributed by atoms with Crippen LogP contribution in [-0.2, 0) is 42.7 Å². The van der Waals surface area contributed by atoms with Crippen LogP contribution >= 0.6 is 0 Å². The Morgan fingerprint density at radius 1 is 0.592 bits per heavy atom. The molecular weight excluding hydrogens is 662 g/mol. The van der Waals surface area contributed by atoms with Crippen molar-refractivity contribution in [3.63, 3.8) is 0 Å². The van der Waals surface area contributed by atoms with Crippen LogP contribution in [0, 0.1) is 0 Å². The summed E-state index contributed by atoms with van der Waals surface area (Å²) in [6.45, 7) is 8.79. The van der Waals surface area contributed by atoms with E-state index >= 15 is 0 Å². The highest BCUT2D eigenvalue weighted by Gasteiger charge is 2.54. The number of hydrogen-bond donors (Lipinski definition) is 10. The third-order valence-corrected chi connectivity index (χ3v) is 9.26. The third-order valence-electron chi connectivity index (χ3n) is 9.26. The molecule has 19 nitrogen and oxygen atoms in total. The monoisotopic (exact) mass is 715 g/mol. The Labute approximate surface area is 283 Å². The number of hydrogen-bond acceptors (Lipinski definition) is 18. The Morgan fingerprint density at radius 2 is 1.04 bits per heavy atom. The van der Waals surface area contributed by atoms with E-state index in [1.807, 2.05) is 0 Å². The average Bonchev–Trinajstić information content (AvgIpc) is 3.00. The molecular formula is C30H53NO18. The maximum atomic E-state index is 12.5. The fourth-order valence-corrected chi connectivity index (χ4v) is 6.38. The molecule has 4 heterocycles. The second-order valence-electron chi connectivity index (χ2n) is 13.9. The number of aliphatic hydroxyl groups is 9. The number of ether oxygens (including phenoxy) is 8. The molecule has 0 bridgehead atoms. The van der Waals surface area contributed by atoms with Gasteiger partial charge < -0.3 is 89.2 Å². The van der Waals surface area contributed by atoms with Gasteiger partial charge in [-0.2, -0.15) is 0 Å². The smallest absolute Gasteiger partial charge is 0.223 e. The van der Waals surface area contributed by atoms with Crippen LogP contribution < -0.4 is 5.32 Å². The van der Waals surface area contributed by atoms with Crippen LogP contribution in [0.1, 0.15) is 48.0 Å². The Balaban J connectivity index is 1.46. The highest BCUT2D eigenvalue weighted by Crippen LogP contribution is 2.34. The van der Waals surface area contributed by atoms with E-state index in [0.29, 0.717) is 0 Å². The molecule has 1 amide bonds. The average molecular weight is 716 g/mol. The number of carbonyl (C=O) groups is 1. The number of nitrogens with one attached hydrogen (secondary N) is 1. The summed E-state index contributed by atoms with van der Waals surface area (Å²) >= 11 is 0. The van der Waals surface area contributed by atoms with E-state index in [-0.39, 0.29) is 6.42 Å². The molecule has 4 aliphatic rings. The van der Waals surface area contributed by atoms with Gasteiger partial charge in [-0.05, 0) is 41.5 Å². The lowest BCUT2D eigenvalue weighted by molar-refractivity contribution is -0.385. The molecule has 0 radical (unpaired) electrons.